The predicted molar refractivity (Wildman–Crippen MR) is 75.4 cm³/mol. The van der Waals surface area contributed by atoms with Crippen LogP contribution in [0.1, 0.15) is 45.4 Å². The smallest absolute Gasteiger partial charge is 0.0772 e. The molecule has 0 saturated heterocycles. The molecule has 0 bridgehead atoms. The largest absolute Gasteiger partial charge is 0.250 e. The van der Waals surface area contributed by atoms with Crippen LogP contribution < -0.4 is 0 Å². The second-order valence-electron chi connectivity index (χ2n) is 4.19. The second-order valence-corrected chi connectivity index (χ2v) is 5.52. The van der Waals surface area contributed by atoms with Gasteiger partial charge < -0.3 is 0 Å². The topological polar surface area (TPSA) is 17.1 Å². The lowest BCUT2D eigenvalue weighted by atomic mass is 10.1. The van der Waals surface area contributed by atoms with E-state index in [-0.39, 0.29) is 0 Å². The first-order chi connectivity index (χ1) is 8.34. The molecule has 17 heavy (non-hydrogen) atoms. The Bertz CT molecular complexity index is 343. The molecule has 0 heterocycles. The van der Waals surface area contributed by atoms with Gasteiger partial charge in [-0.05, 0) is 25.0 Å². The van der Waals surface area contributed by atoms with Crippen molar-refractivity contribution in [2.24, 2.45) is 0 Å². The molecule has 2 heteroatoms. The van der Waals surface area contributed by atoms with Crippen molar-refractivity contribution in [3.63, 3.8) is 0 Å². The number of rotatable bonds is 8. The van der Waals surface area contributed by atoms with Crippen molar-refractivity contribution < 1.29 is 4.21 Å². The van der Waals surface area contributed by atoms with Crippen LogP contribution >= 0.6 is 0 Å². The molecule has 1 unspecified atom stereocenters. The van der Waals surface area contributed by atoms with Crippen molar-refractivity contribution in [2.75, 3.05) is 0 Å². The zero-order valence-electron chi connectivity index (χ0n) is 10.6. The molecule has 0 N–H and O–H groups in total. The highest BCUT2D eigenvalue weighted by Gasteiger charge is 1.96. The Morgan fingerprint density at radius 3 is 2.47 bits per heavy atom. The molecule has 0 fully saturated rings. The van der Waals surface area contributed by atoms with Crippen molar-refractivity contribution in [1.82, 2.24) is 0 Å². The molecule has 1 nitrogen and oxygen atoms in total. The predicted octanol–water partition coefficient (Wildman–Crippen LogP) is 4.67. The molecule has 94 valence electrons. The van der Waals surface area contributed by atoms with E-state index in [2.05, 4.69) is 13.0 Å². The van der Waals surface area contributed by atoms with Crippen LogP contribution in [-0.4, -0.2) is 4.21 Å². The fourth-order valence-corrected chi connectivity index (χ4v) is 2.55. The molecule has 0 aromatic heterocycles. The van der Waals surface area contributed by atoms with Gasteiger partial charge in [-0.1, -0.05) is 56.9 Å². The van der Waals surface area contributed by atoms with E-state index in [1.165, 1.54) is 32.1 Å². The van der Waals surface area contributed by atoms with Gasteiger partial charge in [-0.15, -0.1) is 0 Å². The summed E-state index contributed by atoms with van der Waals surface area (Å²) in [5.41, 5.74) is 0. The first-order valence-electron chi connectivity index (χ1n) is 6.47. The lowest BCUT2D eigenvalue weighted by Crippen LogP contribution is -1.85. The number of unbranched alkanes of at least 4 members (excludes halogenated alkanes) is 5. The zero-order chi connectivity index (χ0) is 12.3. The number of hydrogen-bond acceptors (Lipinski definition) is 1. The van der Waals surface area contributed by atoms with E-state index in [4.69, 9.17) is 0 Å². The van der Waals surface area contributed by atoms with Gasteiger partial charge in [0.05, 0.1) is 10.8 Å². The zero-order valence-corrected chi connectivity index (χ0v) is 11.4. The minimum Gasteiger partial charge on any atom is -0.250 e. The molecule has 0 saturated carbocycles. The lowest BCUT2D eigenvalue weighted by Gasteiger charge is -1.97. The van der Waals surface area contributed by atoms with E-state index >= 15 is 0 Å². The van der Waals surface area contributed by atoms with Crippen LogP contribution in [0.2, 0.25) is 0 Å². The maximum absolute atomic E-state index is 11.8. The Balaban J connectivity index is 2.19. The Labute approximate surface area is 107 Å². The Hall–Kier alpha value is -0.890. The molecule has 1 rings (SSSR count). The van der Waals surface area contributed by atoms with Gasteiger partial charge in [0, 0.05) is 10.3 Å². The molecule has 1 aromatic carbocycles. The summed E-state index contributed by atoms with van der Waals surface area (Å²) in [4.78, 5) is 0.884. The summed E-state index contributed by atoms with van der Waals surface area (Å²) in [6.45, 7) is 2.23. The fourth-order valence-electron chi connectivity index (χ4n) is 1.65. The minimum absolute atomic E-state index is 0.884. The average Bonchev–Trinajstić information content (AvgIpc) is 2.38. The molecule has 0 amide bonds. The van der Waals surface area contributed by atoms with Gasteiger partial charge in [0.15, 0.2) is 0 Å². The third-order valence-corrected chi connectivity index (χ3v) is 3.85. The van der Waals surface area contributed by atoms with E-state index in [1.54, 1.807) is 0 Å². The van der Waals surface area contributed by atoms with Crippen molar-refractivity contribution in [3.8, 4) is 0 Å². The monoisotopic (exact) mass is 250 g/mol. The third kappa shape index (κ3) is 6.42. The van der Waals surface area contributed by atoms with Crippen molar-refractivity contribution >= 4 is 10.8 Å². The SMILES string of the molecule is CCCCCCC/C=C/S(=O)c1ccccc1. The Morgan fingerprint density at radius 1 is 1.06 bits per heavy atom. The van der Waals surface area contributed by atoms with Gasteiger partial charge in [0.1, 0.15) is 0 Å². The Kier molecular flexibility index (Phi) is 7.65. The molecule has 0 aliphatic rings. The van der Waals surface area contributed by atoms with Crippen LogP contribution in [0.25, 0.3) is 0 Å². The average molecular weight is 250 g/mol. The lowest BCUT2D eigenvalue weighted by molar-refractivity contribution is 0.637. The van der Waals surface area contributed by atoms with Gasteiger partial charge in [-0.2, -0.15) is 0 Å². The molecule has 0 spiro atoms. The van der Waals surface area contributed by atoms with Crippen LogP contribution in [0.4, 0.5) is 0 Å². The highest BCUT2D eigenvalue weighted by Crippen LogP contribution is 2.09. The maximum Gasteiger partial charge on any atom is 0.0772 e. The molecule has 1 atom stereocenters. The maximum atomic E-state index is 11.8. The Morgan fingerprint density at radius 2 is 1.76 bits per heavy atom. The van der Waals surface area contributed by atoms with Crippen LogP contribution in [0.3, 0.4) is 0 Å². The van der Waals surface area contributed by atoms with Crippen LogP contribution in [0.5, 0.6) is 0 Å². The van der Waals surface area contributed by atoms with E-state index in [0.29, 0.717) is 0 Å². The quantitative estimate of drug-likeness (QED) is 0.613. The summed E-state index contributed by atoms with van der Waals surface area (Å²) in [6.07, 6.45) is 9.54. The van der Waals surface area contributed by atoms with Crippen molar-refractivity contribution in [3.05, 3.63) is 41.8 Å². The summed E-state index contributed by atoms with van der Waals surface area (Å²) in [6, 6.07) is 9.60. The first-order valence-corrected chi connectivity index (χ1v) is 7.68. The van der Waals surface area contributed by atoms with Crippen LogP contribution in [0.15, 0.2) is 46.7 Å². The summed E-state index contributed by atoms with van der Waals surface area (Å²) in [7, 11) is -0.973. The van der Waals surface area contributed by atoms with Gasteiger partial charge >= 0.3 is 0 Å². The molecule has 0 aliphatic heterocycles. The van der Waals surface area contributed by atoms with Crippen LogP contribution in [0, 0.1) is 0 Å². The molecular formula is C15H22OS. The van der Waals surface area contributed by atoms with Crippen molar-refractivity contribution in [1.29, 1.82) is 0 Å². The van der Waals surface area contributed by atoms with E-state index in [0.717, 1.165) is 11.3 Å². The second kappa shape index (κ2) is 9.17. The number of hydrogen-bond donors (Lipinski definition) is 0. The highest BCUT2D eigenvalue weighted by atomic mass is 32.2. The normalized spacial score (nSPS) is 13.0. The van der Waals surface area contributed by atoms with Gasteiger partial charge in [0.25, 0.3) is 0 Å². The van der Waals surface area contributed by atoms with Gasteiger partial charge in [-0.3, -0.25) is 0 Å². The first kappa shape index (κ1) is 14.2. The molecule has 0 aliphatic carbocycles. The molecule has 0 radical (unpaired) electrons. The molecule has 1 aromatic rings. The number of benzene rings is 1. The van der Waals surface area contributed by atoms with Crippen LogP contribution in [-0.2, 0) is 10.8 Å². The summed E-state index contributed by atoms with van der Waals surface area (Å²) in [5.74, 6) is 0. The van der Waals surface area contributed by atoms with Gasteiger partial charge in [0.2, 0.25) is 0 Å². The molecular weight excluding hydrogens is 228 g/mol. The van der Waals surface area contributed by atoms with E-state index < -0.39 is 10.8 Å². The highest BCUT2D eigenvalue weighted by molar-refractivity contribution is 7.88. The number of allylic oxidation sites excluding steroid dienone is 1. The van der Waals surface area contributed by atoms with Crippen molar-refractivity contribution in [2.45, 2.75) is 50.3 Å². The fraction of sp³-hybridized carbons (Fsp3) is 0.467. The third-order valence-electron chi connectivity index (χ3n) is 2.67. The van der Waals surface area contributed by atoms with E-state index in [9.17, 15) is 4.21 Å². The van der Waals surface area contributed by atoms with E-state index in [1.807, 2.05) is 35.7 Å². The summed E-state index contributed by atoms with van der Waals surface area (Å²) < 4.78 is 11.8. The summed E-state index contributed by atoms with van der Waals surface area (Å²) >= 11 is 0. The minimum atomic E-state index is -0.973. The summed E-state index contributed by atoms with van der Waals surface area (Å²) in [5, 5.41) is 1.81. The van der Waals surface area contributed by atoms with Gasteiger partial charge in [-0.25, -0.2) is 4.21 Å². The standard InChI is InChI=1S/C15H22OS/c1-2-3-4-5-6-7-11-14-17(16)15-12-9-8-10-13-15/h8-14H,2-7H2,1H3/b14-11+.